The minimum Gasteiger partial charge on any atom is -0.254 e. The number of pyridine rings is 8. The first-order valence-corrected chi connectivity index (χ1v) is 48.9. The van der Waals surface area contributed by atoms with E-state index < -0.39 is 8.07 Å². The van der Waals surface area contributed by atoms with E-state index in [1.807, 2.05) is 80.5 Å². The summed E-state index contributed by atoms with van der Waals surface area (Å²) in [5.74, 6) is 0. The van der Waals surface area contributed by atoms with Crippen LogP contribution in [0.3, 0.4) is 0 Å². The second-order valence-corrected chi connectivity index (χ2v) is 39.4. The van der Waals surface area contributed by atoms with Gasteiger partial charge in [-0.3, -0.25) is 4.98 Å². The Labute approximate surface area is 804 Å². The zero-order chi connectivity index (χ0) is 92.6. The minimum absolute atomic E-state index is 0.844. The van der Waals surface area contributed by atoms with Gasteiger partial charge in [0.15, 0.2) is 8.07 Å². The number of aromatic nitrogens is 15. The Balaban J connectivity index is 0.0000000963. The molecule has 0 saturated heterocycles. The van der Waals surface area contributed by atoms with Gasteiger partial charge in [-0.15, -0.1) is 0 Å². The largest absolute Gasteiger partial charge is 0.254 e. The molecule has 0 atom stereocenters. The molecule has 15 heterocycles. The van der Waals surface area contributed by atoms with Crippen molar-refractivity contribution >= 4 is 143 Å². The number of fused-ring (bicyclic) bond motifs is 14. The van der Waals surface area contributed by atoms with Gasteiger partial charge in [-0.1, -0.05) is 370 Å². The molecule has 0 amide bonds. The number of nitrogens with zero attached hydrogens (tertiary/aromatic N) is 15. The molecule has 15 nitrogen and oxygen atoms in total. The van der Waals surface area contributed by atoms with Crippen LogP contribution in [0.15, 0.2) is 505 Å². The SMILES string of the molecule is c1ccc(-c2nn3cc4ccccc4cc3c2-c2ccc(-c3cnn4cc5ccccc5cc34)cc2)cc1.c1ccc(-c2nn3cc4ccccc4cc3c2-c2cnn3cc4ccccc4cc23)cc1.c1ccc([Si](c2ccccc2)(c2ccccc2)c2ccc(-c3cc4cc5ccccc5cn4n3)cc2)cc1.c1ccc2cn3nc(-c4ccc(-c5cc6cc7ccccc7cn6n5)nc4)cc3cc2c1. The van der Waals surface area contributed by atoms with E-state index in [4.69, 9.17) is 35.6 Å². The third-order valence-corrected chi connectivity index (χ3v) is 31.9. The summed E-state index contributed by atoms with van der Waals surface area (Å²) in [5.41, 5.74) is 24.1. The van der Waals surface area contributed by atoms with Gasteiger partial charge in [0, 0.05) is 132 Å². The van der Waals surface area contributed by atoms with Crippen molar-refractivity contribution in [2.45, 2.75) is 0 Å². The smallest absolute Gasteiger partial charge is 0.179 e. The Morgan fingerprint density at radius 1 is 0.171 bits per heavy atom. The van der Waals surface area contributed by atoms with Crippen LogP contribution in [0, 0.1) is 0 Å². The highest BCUT2D eigenvalue weighted by molar-refractivity contribution is 7.19. The van der Waals surface area contributed by atoms with Crippen molar-refractivity contribution in [2.24, 2.45) is 0 Å². The third-order valence-electron chi connectivity index (χ3n) is 27.1. The second-order valence-electron chi connectivity index (χ2n) is 35.6. The Morgan fingerprint density at radius 2 is 0.464 bits per heavy atom. The van der Waals surface area contributed by atoms with Crippen LogP contribution < -0.4 is 20.7 Å². The van der Waals surface area contributed by atoms with Crippen LogP contribution in [-0.2, 0) is 0 Å². The lowest BCUT2D eigenvalue weighted by Crippen LogP contribution is -2.74. The lowest BCUT2D eigenvalue weighted by Gasteiger charge is -2.34. The summed E-state index contributed by atoms with van der Waals surface area (Å²) in [6.45, 7) is 0. The van der Waals surface area contributed by atoms with Gasteiger partial charge in [0.2, 0.25) is 0 Å². The maximum atomic E-state index is 5.05. The van der Waals surface area contributed by atoms with E-state index in [1.54, 1.807) is 0 Å². The molecule has 0 fully saturated rings. The molecule has 0 N–H and O–H groups in total. The van der Waals surface area contributed by atoms with Gasteiger partial charge in [-0.05, 0) is 142 Å². The monoisotopic (exact) mass is 1810 g/mol. The van der Waals surface area contributed by atoms with Crippen molar-refractivity contribution in [1.82, 2.24) is 72.3 Å². The van der Waals surface area contributed by atoms with Gasteiger partial charge in [-0.25, -0.2) is 31.6 Å². The number of rotatable bonds is 12. The molecule has 0 bridgehead atoms. The molecule has 0 radical (unpaired) electrons. The normalized spacial score (nSPS) is 11.7. The average Bonchev–Trinajstić information content (AvgIpc) is 1.07. The van der Waals surface area contributed by atoms with Gasteiger partial charge >= 0.3 is 0 Å². The minimum atomic E-state index is -2.51. The van der Waals surface area contributed by atoms with Crippen molar-refractivity contribution in [2.75, 3.05) is 0 Å². The Morgan fingerprint density at radius 3 is 0.871 bits per heavy atom. The molecule has 140 heavy (non-hydrogen) atoms. The standard InChI is InChI=1S/C35H26N2Si.C34H22N4.C28H18N4.C27H17N5/c1-4-14-31(15-5-1)38(32-16-6-2-7-17-32,33-18-8-3-9-19-33)34-22-20-27(21-23-34)35-25-30-24-28-12-10-11-13-29(28)26-37(30)36-35;1-2-8-25(9-3-1)34-33(32-19-27-11-5-7-13-29(27)22-38(32)36-34)24-16-14-23(15-17-24)30-20-35-37-21-28-12-6-4-10-26(28)18-31(30)37;1-2-8-19(9-3-1)28-27(26-15-21-11-5-7-13-23(21)18-32(26)30-28)24-16-29-31-17-22-12-6-4-10-20(22)14-25(24)31;1-3-7-21-16-31-23(11-18(21)5-1)13-26(29-31)20-9-10-25(28-15-20)27-14-24-12-19-6-2-4-8-22(19)17-32(24)30-27/h1-26H;1-22H;1-18H;1-17H. The van der Waals surface area contributed by atoms with Crippen molar-refractivity contribution in [3.63, 3.8) is 0 Å². The zero-order valence-corrected chi connectivity index (χ0v) is 76.6. The third kappa shape index (κ3) is 14.9. The highest BCUT2D eigenvalue weighted by Crippen LogP contribution is 2.42. The molecule has 0 spiro atoms. The van der Waals surface area contributed by atoms with E-state index >= 15 is 0 Å². The van der Waals surface area contributed by atoms with Crippen LogP contribution in [0.2, 0.25) is 0 Å². The van der Waals surface area contributed by atoms with Crippen molar-refractivity contribution < 1.29 is 0 Å². The molecule has 0 saturated carbocycles. The highest BCUT2D eigenvalue weighted by atomic mass is 28.3. The summed E-state index contributed by atoms with van der Waals surface area (Å²) in [6, 6.07) is 156. The van der Waals surface area contributed by atoms with Crippen molar-refractivity contribution in [1.29, 1.82) is 0 Å². The van der Waals surface area contributed by atoms with E-state index in [1.165, 1.54) is 90.8 Å². The van der Waals surface area contributed by atoms with E-state index in [2.05, 4.69) is 461 Å². The molecule has 14 aromatic carbocycles. The van der Waals surface area contributed by atoms with Crippen LogP contribution in [-0.4, -0.2) is 80.4 Å². The second kappa shape index (κ2) is 34.5. The Hall–Kier alpha value is -18.9. The fraction of sp³-hybridized carbons (Fsp3) is 0. The van der Waals surface area contributed by atoms with E-state index in [0.717, 1.165) is 134 Å². The Kier molecular flexibility index (Phi) is 20.2. The first kappa shape index (κ1) is 81.8. The molecule has 0 aliphatic rings. The lowest BCUT2D eigenvalue weighted by molar-refractivity contribution is 0.968. The molecule has 29 aromatic rings. The molecular weight excluding hydrogens is 1730 g/mol. The van der Waals surface area contributed by atoms with Crippen LogP contribution >= 0.6 is 0 Å². The zero-order valence-electron chi connectivity index (χ0n) is 75.6. The predicted molar refractivity (Wildman–Crippen MR) is 574 cm³/mol. The number of benzene rings is 14. The summed E-state index contributed by atoms with van der Waals surface area (Å²) in [4.78, 5) is 4.69. The average molecular weight is 1810 g/mol. The molecule has 15 aromatic heterocycles. The van der Waals surface area contributed by atoms with E-state index in [0.29, 0.717) is 0 Å². The molecular formula is C124H83N15Si. The van der Waals surface area contributed by atoms with Crippen LogP contribution in [0.5, 0.6) is 0 Å². The quantitative estimate of drug-likeness (QED) is 0.0872. The van der Waals surface area contributed by atoms with Gasteiger partial charge in [-0.2, -0.15) is 35.7 Å². The van der Waals surface area contributed by atoms with Gasteiger partial charge in [0.1, 0.15) is 17.1 Å². The molecule has 29 rings (SSSR count). The van der Waals surface area contributed by atoms with Crippen molar-refractivity contribution in [3.05, 3.63) is 505 Å². The van der Waals surface area contributed by atoms with Gasteiger partial charge < -0.3 is 0 Å². The summed E-state index contributed by atoms with van der Waals surface area (Å²) in [7, 11) is -2.51. The van der Waals surface area contributed by atoms with Crippen molar-refractivity contribution in [3.8, 4) is 89.8 Å². The molecule has 16 heteroatoms. The summed E-state index contributed by atoms with van der Waals surface area (Å²) >= 11 is 0. The fourth-order valence-electron chi connectivity index (χ4n) is 20.2. The number of hydrogen-bond donors (Lipinski definition) is 0. The predicted octanol–water partition coefficient (Wildman–Crippen LogP) is 26.5. The van der Waals surface area contributed by atoms with Crippen LogP contribution in [0.4, 0.5) is 0 Å². The summed E-state index contributed by atoms with van der Waals surface area (Å²) in [5, 5.41) is 56.0. The molecule has 658 valence electrons. The Bertz CT molecular complexity index is 9370. The lowest BCUT2D eigenvalue weighted by atomic mass is 9.97. The molecule has 0 unspecified atom stereocenters. The van der Waals surface area contributed by atoms with Crippen LogP contribution in [0.1, 0.15) is 0 Å². The maximum Gasteiger partial charge on any atom is 0.179 e. The topological polar surface area (TPSA) is 134 Å². The van der Waals surface area contributed by atoms with E-state index in [9.17, 15) is 0 Å². The summed E-state index contributed by atoms with van der Waals surface area (Å²) < 4.78 is 13.8. The fourth-order valence-corrected chi connectivity index (χ4v) is 25.0. The van der Waals surface area contributed by atoms with Crippen LogP contribution in [0.25, 0.3) is 204 Å². The molecule has 0 aliphatic carbocycles. The molecule has 0 aliphatic heterocycles. The number of hydrogen-bond acceptors (Lipinski definition) is 8. The first-order chi connectivity index (χ1) is 69.3. The summed E-state index contributed by atoms with van der Waals surface area (Å²) in [6.07, 6.45) is 20.5. The highest BCUT2D eigenvalue weighted by Gasteiger charge is 2.41. The van der Waals surface area contributed by atoms with E-state index in [-0.39, 0.29) is 0 Å². The first-order valence-electron chi connectivity index (χ1n) is 46.9. The maximum absolute atomic E-state index is 5.05. The van der Waals surface area contributed by atoms with Gasteiger partial charge in [0.25, 0.3) is 0 Å². The van der Waals surface area contributed by atoms with Gasteiger partial charge in [0.05, 0.1) is 68.1 Å².